The van der Waals surface area contributed by atoms with E-state index < -0.39 is 0 Å². The second-order valence-corrected chi connectivity index (χ2v) is 4.08. The third-order valence-electron chi connectivity index (χ3n) is 2.68. The number of hydrogen-bond donors (Lipinski definition) is 2. The third-order valence-corrected chi connectivity index (χ3v) is 2.68. The van der Waals surface area contributed by atoms with Crippen molar-refractivity contribution in [2.45, 2.75) is 12.8 Å². The Morgan fingerprint density at radius 3 is 2.68 bits per heavy atom. The molecule has 0 aliphatic heterocycles. The predicted molar refractivity (Wildman–Crippen MR) is 70.4 cm³/mol. The Morgan fingerprint density at radius 1 is 1.26 bits per heavy atom. The molecule has 2 rings (SSSR count). The normalized spacial score (nSPS) is 10.4. The van der Waals surface area contributed by atoms with Crippen molar-refractivity contribution in [1.29, 1.82) is 0 Å². The highest BCUT2D eigenvalue weighted by atomic mass is 16.5. The summed E-state index contributed by atoms with van der Waals surface area (Å²) in [5.74, 6) is 0.423. The van der Waals surface area contributed by atoms with Crippen LogP contribution in [0.4, 0.5) is 0 Å². The van der Waals surface area contributed by atoms with Crippen LogP contribution in [-0.2, 0) is 0 Å². The van der Waals surface area contributed by atoms with E-state index in [9.17, 15) is 4.79 Å². The lowest BCUT2D eigenvalue weighted by Gasteiger charge is -2.05. The average Bonchev–Trinajstić information content (AvgIpc) is 2.98. The van der Waals surface area contributed by atoms with Crippen LogP contribution < -0.4 is 11.1 Å². The molecule has 0 unspecified atom stereocenters. The van der Waals surface area contributed by atoms with Gasteiger partial charge in [-0.05, 0) is 31.5 Å². The standard InChI is InChI=1S/C13H16N4O2/c14-7-1-2-8-15-13(18)11-5-3-10(4-6-11)12-16-9-19-17-12/h3-6,9H,1-2,7-8,14H2,(H,15,18). The van der Waals surface area contributed by atoms with Gasteiger partial charge in [0, 0.05) is 17.7 Å². The fourth-order valence-electron chi connectivity index (χ4n) is 1.64. The highest BCUT2D eigenvalue weighted by molar-refractivity contribution is 5.94. The van der Waals surface area contributed by atoms with E-state index in [1.165, 1.54) is 6.39 Å². The molecule has 1 aromatic carbocycles. The molecular weight excluding hydrogens is 244 g/mol. The number of hydrogen-bond acceptors (Lipinski definition) is 5. The zero-order valence-electron chi connectivity index (χ0n) is 10.5. The number of benzene rings is 1. The van der Waals surface area contributed by atoms with E-state index in [4.69, 9.17) is 5.73 Å². The summed E-state index contributed by atoms with van der Waals surface area (Å²) < 4.78 is 4.67. The minimum Gasteiger partial charge on any atom is -0.352 e. The van der Waals surface area contributed by atoms with Crippen molar-refractivity contribution in [2.75, 3.05) is 13.1 Å². The Bertz CT molecular complexity index is 508. The zero-order chi connectivity index (χ0) is 13.5. The van der Waals surface area contributed by atoms with Gasteiger partial charge in [0.1, 0.15) is 0 Å². The number of rotatable bonds is 6. The van der Waals surface area contributed by atoms with Gasteiger partial charge in [-0.3, -0.25) is 4.79 Å². The van der Waals surface area contributed by atoms with Gasteiger partial charge < -0.3 is 15.6 Å². The first kappa shape index (κ1) is 13.2. The van der Waals surface area contributed by atoms with Crippen LogP contribution >= 0.6 is 0 Å². The summed E-state index contributed by atoms with van der Waals surface area (Å²) >= 11 is 0. The van der Waals surface area contributed by atoms with Crippen molar-refractivity contribution < 1.29 is 9.32 Å². The molecule has 0 aliphatic carbocycles. The Morgan fingerprint density at radius 2 is 2.05 bits per heavy atom. The molecule has 6 nitrogen and oxygen atoms in total. The maximum absolute atomic E-state index is 11.8. The van der Waals surface area contributed by atoms with Crippen molar-refractivity contribution in [2.24, 2.45) is 5.73 Å². The lowest BCUT2D eigenvalue weighted by Crippen LogP contribution is -2.24. The number of amides is 1. The second-order valence-electron chi connectivity index (χ2n) is 4.08. The van der Waals surface area contributed by atoms with Crippen LogP contribution in [0.2, 0.25) is 0 Å². The monoisotopic (exact) mass is 260 g/mol. The van der Waals surface area contributed by atoms with Crippen molar-refractivity contribution in [3.8, 4) is 11.4 Å². The molecule has 100 valence electrons. The summed E-state index contributed by atoms with van der Waals surface area (Å²) in [7, 11) is 0. The summed E-state index contributed by atoms with van der Waals surface area (Å²) in [6.07, 6.45) is 3.08. The largest absolute Gasteiger partial charge is 0.352 e. The maximum atomic E-state index is 11.8. The van der Waals surface area contributed by atoms with Gasteiger partial charge in [-0.1, -0.05) is 17.3 Å². The topological polar surface area (TPSA) is 94.0 Å². The van der Waals surface area contributed by atoms with Gasteiger partial charge in [-0.2, -0.15) is 4.98 Å². The number of carbonyl (C=O) groups excluding carboxylic acids is 1. The highest BCUT2D eigenvalue weighted by Crippen LogP contribution is 2.14. The van der Waals surface area contributed by atoms with Gasteiger partial charge in [0.15, 0.2) is 0 Å². The molecule has 0 radical (unpaired) electrons. The van der Waals surface area contributed by atoms with Crippen LogP contribution in [0.3, 0.4) is 0 Å². The van der Waals surface area contributed by atoms with Gasteiger partial charge in [-0.25, -0.2) is 0 Å². The van der Waals surface area contributed by atoms with Crippen molar-refractivity contribution in [3.63, 3.8) is 0 Å². The quantitative estimate of drug-likeness (QED) is 0.761. The van der Waals surface area contributed by atoms with Gasteiger partial charge in [0.2, 0.25) is 12.2 Å². The van der Waals surface area contributed by atoms with Crippen LogP contribution in [0.15, 0.2) is 35.2 Å². The van der Waals surface area contributed by atoms with E-state index in [2.05, 4.69) is 20.0 Å². The summed E-state index contributed by atoms with van der Waals surface area (Å²) in [5, 5.41) is 6.58. The first-order valence-electron chi connectivity index (χ1n) is 6.16. The average molecular weight is 260 g/mol. The molecule has 3 N–H and O–H groups in total. The Balaban J connectivity index is 1.93. The maximum Gasteiger partial charge on any atom is 0.251 e. The molecule has 1 heterocycles. The van der Waals surface area contributed by atoms with E-state index in [1.54, 1.807) is 24.3 Å². The molecular formula is C13H16N4O2. The van der Waals surface area contributed by atoms with E-state index in [-0.39, 0.29) is 5.91 Å². The number of unbranched alkanes of at least 4 members (excludes halogenated alkanes) is 1. The fraction of sp³-hybridized carbons (Fsp3) is 0.308. The lowest BCUT2D eigenvalue weighted by molar-refractivity contribution is 0.0953. The molecule has 2 aromatic rings. The molecule has 0 aliphatic rings. The van der Waals surface area contributed by atoms with Crippen LogP contribution in [0.1, 0.15) is 23.2 Å². The van der Waals surface area contributed by atoms with Crippen molar-refractivity contribution >= 4 is 5.91 Å². The smallest absolute Gasteiger partial charge is 0.251 e. The predicted octanol–water partition coefficient (Wildman–Crippen LogP) is 1.21. The number of carbonyl (C=O) groups is 1. The van der Waals surface area contributed by atoms with Crippen LogP contribution in [-0.4, -0.2) is 29.1 Å². The molecule has 0 bridgehead atoms. The van der Waals surface area contributed by atoms with E-state index in [0.717, 1.165) is 18.4 Å². The molecule has 0 saturated carbocycles. The van der Waals surface area contributed by atoms with E-state index in [0.29, 0.717) is 24.5 Å². The number of nitrogens with one attached hydrogen (secondary N) is 1. The second kappa shape index (κ2) is 6.65. The van der Waals surface area contributed by atoms with Gasteiger partial charge in [-0.15, -0.1) is 0 Å². The molecule has 1 aromatic heterocycles. The van der Waals surface area contributed by atoms with Gasteiger partial charge in [0.05, 0.1) is 0 Å². The highest BCUT2D eigenvalue weighted by Gasteiger charge is 2.07. The van der Waals surface area contributed by atoms with Crippen molar-refractivity contribution in [3.05, 3.63) is 36.2 Å². The molecule has 1 amide bonds. The molecule has 6 heteroatoms. The Kier molecular flexibility index (Phi) is 4.63. The van der Waals surface area contributed by atoms with Crippen molar-refractivity contribution in [1.82, 2.24) is 15.5 Å². The minimum absolute atomic E-state index is 0.0864. The van der Waals surface area contributed by atoms with Gasteiger partial charge >= 0.3 is 0 Å². The molecule has 0 saturated heterocycles. The number of aromatic nitrogens is 2. The van der Waals surface area contributed by atoms with Gasteiger partial charge in [0.25, 0.3) is 5.91 Å². The third kappa shape index (κ3) is 3.62. The minimum atomic E-state index is -0.0864. The number of nitrogens with zero attached hydrogens (tertiary/aromatic N) is 2. The van der Waals surface area contributed by atoms with Crippen LogP contribution in [0.25, 0.3) is 11.4 Å². The zero-order valence-corrected chi connectivity index (χ0v) is 10.5. The first-order valence-corrected chi connectivity index (χ1v) is 6.16. The first-order chi connectivity index (χ1) is 9.31. The SMILES string of the molecule is NCCCCNC(=O)c1ccc(-c2ncon2)cc1. The summed E-state index contributed by atoms with van der Waals surface area (Å²) in [6.45, 7) is 1.29. The van der Waals surface area contributed by atoms with E-state index >= 15 is 0 Å². The van der Waals surface area contributed by atoms with E-state index in [1.807, 2.05) is 0 Å². The Hall–Kier alpha value is -2.21. The summed E-state index contributed by atoms with van der Waals surface area (Å²) in [5.41, 5.74) is 6.81. The molecule has 0 spiro atoms. The lowest BCUT2D eigenvalue weighted by atomic mass is 10.1. The molecule has 0 fully saturated rings. The van der Waals surface area contributed by atoms with Crippen LogP contribution in [0, 0.1) is 0 Å². The number of nitrogens with two attached hydrogens (primary N) is 1. The van der Waals surface area contributed by atoms with Crippen LogP contribution in [0.5, 0.6) is 0 Å². The molecule has 19 heavy (non-hydrogen) atoms. The Labute approximate surface area is 111 Å². The fourth-order valence-corrected chi connectivity index (χ4v) is 1.64. The molecule has 0 atom stereocenters. The summed E-state index contributed by atoms with van der Waals surface area (Å²) in [6, 6.07) is 7.06. The summed E-state index contributed by atoms with van der Waals surface area (Å²) in [4.78, 5) is 15.8.